The van der Waals surface area contributed by atoms with Gasteiger partial charge in [-0.3, -0.25) is 14.5 Å². The number of likely N-dealkylation sites (N-methyl/N-ethyl adjacent to an activating group) is 1. The van der Waals surface area contributed by atoms with Crippen LogP contribution in [0.3, 0.4) is 0 Å². The van der Waals surface area contributed by atoms with Crippen LogP contribution >= 0.6 is 0 Å². The Kier molecular flexibility index (Phi) is 6.00. The van der Waals surface area contributed by atoms with E-state index in [1.165, 1.54) is 12.8 Å². The zero-order valence-electron chi connectivity index (χ0n) is 15.8. The molecule has 0 bridgehead atoms. The molecule has 1 spiro atoms. The zero-order chi connectivity index (χ0) is 17.9. The highest BCUT2D eigenvalue weighted by molar-refractivity contribution is 5.79. The summed E-state index contributed by atoms with van der Waals surface area (Å²) in [6.45, 7) is 5.33. The third-order valence-electron chi connectivity index (χ3n) is 6.02. The maximum absolute atomic E-state index is 12.7. The second-order valence-corrected chi connectivity index (χ2v) is 8.37. The lowest BCUT2D eigenvalue weighted by atomic mass is 9.73. The lowest BCUT2D eigenvalue weighted by molar-refractivity contribution is -0.143. The molecule has 2 amide bonds. The Morgan fingerprint density at radius 1 is 1.32 bits per heavy atom. The minimum Gasteiger partial charge on any atom is -0.383 e. The van der Waals surface area contributed by atoms with Crippen molar-refractivity contribution in [1.29, 1.82) is 0 Å². The second-order valence-electron chi connectivity index (χ2n) is 8.37. The number of likely N-dealkylation sites (tertiary alicyclic amines) is 2. The molecule has 6 heteroatoms. The molecule has 1 atom stereocenters. The fourth-order valence-corrected chi connectivity index (χ4v) is 4.29. The minimum atomic E-state index is 0.127. The van der Waals surface area contributed by atoms with Gasteiger partial charge in [-0.05, 0) is 45.1 Å². The first-order valence-electron chi connectivity index (χ1n) is 9.74. The average Bonchev–Trinajstić information content (AvgIpc) is 3.41. The van der Waals surface area contributed by atoms with Gasteiger partial charge in [0.05, 0.1) is 13.2 Å². The van der Waals surface area contributed by atoms with E-state index in [9.17, 15) is 9.59 Å². The number of piperidine rings is 2. The van der Waals surface area contributed by atoms with Crippen LogP contribution in [-0.4, -0.2) is 86.5 Å². The van der Waals surface area contributed by atoms with Crippen LogP contribution in [0, 0.1) is 11.3 Å². The van der Waals surface area contributed by atoms with Gasteiger partial charge in [0.2, 0.25) is 11.8 Å². The lowest BCUT2D eigenvalue weighted by Gasteiger charge is -2.48. The SMILES string of the molecule is COCCN(C)CC(=O)N1CCCC2(CCC(=O)N(CC3CC3)C2)C1. The zero-order valence-corrected chi connectivity index (χ0v) is 15.8. The summed E-state index contributed by atoms with van der Waals surface area (Å²) in [6, 6.07) is 0. The Hall–Kier alpha value is -1.14. The number of ether oxygens (including phenoxy) is 1. The van der Waals surface area contributed by atoms with Gasteiger partial charge in [-0.1, -0.05) is 0 Å². The van der Waals surface area contributed by atoms with E-state index in [1.807, 2.05) is 16.8 Å². The molecule has 2 saturated heterocycles. The monoisotopic (exact) mass is 351 g/mol. The van der Waals surface area contributed by atoms with Crippen molar-refractivity contribution in [2.45, 2.75) is 38.5 Å². The van der Waals surface area contributed by atoms with E-state index in [0.717, 1.165) is 57.9 Å². The van der Waals surface area contributed by atoms with Gasteiger partial charge in [0.15, 0.2) is 0 Å². The van der Waals surface area contributed by atoms with E-state index in [1.54, 1.807) is 7.11 Å². The first kappa shape index (κ1) is 18.6. The quantitative estimate of drug-likeness (QED) is 0.692. The molecule has 142 valence electrons. The molecule has 25 heavy (non-hydrogen) atoms. The van der Waals surface area contributed by atoms with Gasteiger partial charge in [-0.15, -0.1) is 0 Å². The summed E-state index contributed by atoms with van der Waals surface area (Å²) >= 11 is 0. The van der Waals surface area contributed by atoms with Crippen LogP contribution in [-0.2, 0) is 14.3 Å². The molecule has 0 aromatic rings. The van der Waals surface area contributed by atoms with E-state index >= 15 is 0 Å². The van der Waals surface area contributed by atoms with Crippen LogP contribution in [0.15, 0.2) is 0 Å². The summed E-state index contributed by atoms with van der Waals surface area (Å²) in [5.74, 6) is 1.26. The van der Waals surface area contributed by atoms with Crippen molar-refractivity contribution < 1.29 is 14.3 Å². The third-order valence-corrected chi connectivity index (χ3v) is 6.02. The molecule has 3 fully saturated rings. The number of carbonyl (C=O) groups is 2. The number of methoxy groups -OCH3 is 1. The molecular weight excluding hydrogens is 318 g/mol. The molecule has 2 aliphatic heterocycles. The van der Waals surface area contributed by atoms with Gasteiger partial charge >= 0.3 is 0 Å². The summed E-state index contributed by atoms with van der Waals surface area (Å²) in [7, 11) is 3.65. The minimum absolute atomic E-state index is 0.127. The Bertz CT molecular complexity index is 494. The molecule has 0 radical (unpaired) electrons. The molecule has 0 N–H and O–H groups in total. The molecule has 0 aromatic heterocycles. The molecule has 1 unspecified atom stereocenters. The highest BCUT2D eigenvalue weighted by Crippen LogP contribution is 2.40. The standard InChI is InChI=1S/C19H33N3O3/c1-20(10-11-25-2)13-18(24)21-9-3-7-19(14-21)8-6-17(23)22(15-19)12-16-4-5-16/h16H,3-15H2,1-2H3. The Labute approximate surface area is 151 Å². The topological polar surface area (TPSA) is 53.1 Å². The fraction of sp³-hybridized carbons (Fsp3) is 0.895. The summed E-state index contributed by atoms with van der Waals surface area (Å²) in [4.78, 5) is 31.1. The fourth-order valence-electron chi connectivity index (χ4n) is 4.29. The van der Waals surface area contributed by atoms with Crippen molar-refractivity contribution in [2.75, 3.05) is 60.0 Å². The van der Waals surface area contributed by atoms with E-state index in [2.05, 4.69) is 4.90 Å². The van der Waals surface area contributed by atoms with Crippen LogP contribution < -0.4 is 0 Å². The first-order valence-corrected chi connectivity index (χ1v) is 9.74. The van der Waals surface area contributed by atoms with Crippen molar-refractivity contribution in [2.24, 2.45) is 11.3 Å². The van der Waals surface area contributed by atoms with Crippen LogP contribution in [0.5, 0.6) is 0 Å². The first-order chi connectivity index (χ1) is 12.0. The highest BCUT2D eigenvalue weighted by atomic mass is 16.5. The van der Waals surface area contributed by atoms with Crippen LogP contribution in [0.1, 0.15) is 38.5 Å². The normalized spacial score (nSPS) is 27.4. The number of hydrogen-bond acceptors (Lipinski definition) is 4. The van der Waals surface area contributed by atoms with Gasteiger partial charge in [0.25, 0.3) is 0 Å². The predicted octanol–water partition coefficient (Wildman–Crippen LogP) is 1.21. The van der Waals surface area contributed by atoms with Gasteiger partial charge < -0.3 is 14.5 Å². The molecule has 3 aliphatic rings. The average molecular weight is 351 g/mol. The van der Waals surface area contributed by atoms with Crippen molar-refractivity contribution in [3.63, 3.8) is 0 Å². The van der Waals surface area contributed by atoms with E-state index in [4.69, 9.17) is 4.74 Å². The smallest absolute Gasteiger partial charge is 0.236 e. The summed E-state index contributed by atoms with van der Waals surface area (Å²) in [6.07, 6.45) is 6.34. The maximum atomic E-state index is 12.7. The number of nitrogens with zero attached hydrogens (tertiary/aromatic N) is 3. The van der Waals surface area contributed by atoms with E-state index in [-0.39, 0.29) is 11.3 Å². The van der Waals surface area contributed by atoms with Crippen LogP contribution in [0.4, 0.5) is 0 Å². The van der Waals surface area contributed by atoms with E-state index < -0.39 is 0 Å². The third kappa shape index (κ3) is 4.94. The van der Waals surface area contributed by atoms with E-state index in [0.29, 0.717) is 25.5 Å². The number of carbonyl (C=O) groups excluding carboxylic acids is 2. The van der Waals surface area contributed by atoms with Gasteiger partial charge in [-0.25, -0.2) is 0 Å². The summed E-state index contributed by atoms with van der Waals surface area (Å²) < 4.78 is 5.08. The Morgan fingerprint density at radius 3 is 2.84 bits per heavy atom. The molecule has 3 rings (SSSR count). The molecule has 6 nitrogen and oxygen atoms in total. The second kappa shape index (κ2) is 8.04. The van der Waals surface area contributed by atoms with Gasteiger partial charge in [-0.2, -0.15) is 0 Å². The number of amides is 2. The predicted molar refractivity (Wildman–Crippen MR) is 96.2 cm³/mol. The number of hydrogen-bond donors (Lipinski definition) is 0. The summed E-state index contributed by atoms with van der Waals surface area (Å²) in [5.41, 5.74) is 0.127. The summed E-state index contributed by atoms with van der Waals surface area (Å²) in [5, 5.41) is 0. The Morgan fingerprint density at radius 2 is 2.12 bits per heavy atom. The van der Waals surface area contributed by atoms with Crippen LogP contribution in [0.2, 0.25) is 0 Å². The van der Waals surface area contributed by atoms with Crippen molar-refractivity contribution in [3.05, 3.63) is 0 Å². The molecular formula is C19H33N3O3. The van der Waals surface area contributed by atoms with Crippen LogP contribution in [0.25, 0.3) is 0 Å². The Balaban J connectivity index is 1.55. The number of rotatable bonds is 7. The highest BCUT2D eigenvalue weighted by Gasteiger charge is 2.43. The molecule has 1 aliphatic carbocycles. The van der Waals surface area contributed by atoms with Crippen molar-refractivity contribution in [3.8, 4) is 0 Å². The lowest BCUT2D eigenvalue weighted by Crippen LogP contribution is -2.56. The molecule has 0 aromatic carbocycles. The van der Waals surface area contributed by atoms with Crippen molar-refractivity contribution >= 4 is 11.8 Å². The molecule has 1 saturated carbocycles. The van der Waals surface area contributed by atoms with Gasteiger partial charge in [0.1, 0.15) is 0 Å². The van der Waals surface area contributed by atoms with Crippen molar-refractivity contribution in [1.82, 2.24) is 14.7 Å². The largest absolute Gasteiger partial charge is 0.383 e. The van der Waals surface area contributed by atoms with Gasteiger partial charge in [0, 0.05) is 51.7 Å². The molecule has 2 heterocycles. The maximum Gasteiger partial charge on any atom is 0.236 e.